The van der Waals surface area contributed by atoms with Gasteiger partial charge in [0.2, 0.25) is 0 Å². The van der Waals surface area contributed by atoms with Crippen LogP contribution in [0.1, 0.15) is 56.6 Å². The molecule has 202 valence electrons. The minimum Gasteiger partial charge on any atom is -0.465 e. The van der Waals surface area contributed by atoms with Crippen LogP contribution in [0, 0.1) is 17.7 Å². The number of hydrogen-bond acceptors (Lipinski definition) is 5. The third-order valence-corrected chi connectivity index (χ3v) is 7.03. The molecule has 0 saturated carbocycles. The van der Waals surface area contributed by atoms with Gasteiger partial charge >= 0.3 is 12.1 Å². The first-order chi connectivity index (χ1) is 17.3. The van der Waals surface area contributed by atoms with Gasteiger partial charge in [0, 0.05) is 50.3 Å². The second-order valence-electron chi connectivity index (χ2n) is 9.63. The van der Waals surface area contributed by atoms with Crippen LogP contribution in [-0.2, 0) is 9.47 Å². The van der Waals surface area contributed by atoms with Crippen molar-refractivity contribution < 1.29 is 28.6 Å². The van der Waals surface area contributed by atoms with Crippen LogP contribution in [0.15, 0.2) is 18.2 Å². The SMILES string of the molecule is NN(CCCC1CCCCOC1)C(=O)N1CCCC([C@@H](OCCNC(=O)O)c2cc(F)cc(Cl)c2)C1. The Balaban J connectivity index is 1.58. The van der Waals surface area contributed by atoms with Crippen LogP contribution in [0.5, 0.6) is 0 Å². The number of hydrogen-bond donors (Lipinski definition) is 3. The lowest BCUT2D eigenvalue weighted by atomic mass is 9.88. The fraction of sp³-hybridized carbons (Fsp3) is 0.680. The molecule has 1 aromatic rings. The van der Waals surface area contributed by atoms with Crippen molar-refractivity contribution in [2.24, 2.45) is 17.7 Å². The number of ether oxygens (including phenoxy) is 2. The molecule has 36 heavy (non-hydrogen) atoms. The van der Waals surface area contributed by atoms with Gasteiger partial charge in [-0.1, -0.05) is 18.0 Å². The Labute approximate surface area is 217 Å². The number of hydrazine groups is 1. The highest BCUT2D eigenvalue weighted by atomic mass is 35.5. The molecule has 11 heteroatoms. The van der Waals surface area contributed by atoms with Crippen molar-refractivity contribution in [3.8, 4) is 0 Å². The molecule has 2 heterocycles. The highest BCUT2D eigenvalue weighted by molar-refractivity contribution is 6.30. The summed E-state index contributed by atoms with van der Waals surface area (Å²) in [6.45, 7) is 3.24. The Morgan fingerprint density at radius 3 is 2.92 bits per heavy atom. The van der Waals surface area contributed by atoms with Crippen molar-refractivity contribution in [1.82, 2.24) is 15.2 Å². The van der Waals surface area contributed by atoms with Gasteiger partial charge < -0.3 is 24.8 Å². The molecule has 2 aliphatic heterocycles. The van der Waals surface area contributed by atoms with E-state index in [4.69, 9.17) is 32.0 Å². The van der Waals surface area contributed by atoms with Crippen LogP contribution >= 0.6 is 11.6 Å². The van der Waals surface area contributed by atoms with E-state index in [1.807, 2.05) is 0 Å². The summed E-state index contributed by atoms with van der Waals surface area (Å²) in [5.74, 6) is 6.05. The van der Waals surface area contributed by atoms with E-state index in [2.05, 4.69) is 5.32 Å². The van der Waals surface area contributed by atoms with E-state index in [1.165, 1.54) is 23.6 Å². The van der Waals surface area contributed by atoms with Crippen molar-refractivity contribution in [3.63, 3.8) is 0 Å². The molecule has 2 unspecified atom stereocenters. The first kappa shape index (κ1) is 28.4. The van der Waals surface area contributed by atoms with Crippen LogP contribution in [0.4, 0.5) is 14.0 Å². The number of amides is 3. The molecule has 0 spiro atoms. The molecule has 0 aliphatic carbocycles. The van der Waals surface area contributed by atoms with Crippen molar-refractivity contribution in [3.05, 3.63) is 34.6 Å². The number of nitrogens with one attached hydrogen (secondary N) is 1. The van der Waals surface area contributed by atoms with Crippen molar-refractivity contribution in [1.29, 1.82) is 0 Å². The van der Waals surface area contributed by atoms with E-state index in [1.54, 1.807) is 11.0 Å². The zero-order chi connectivity index (χ0) is 25.9. The number of likely N-dealkylation sites (tertiary alicyclic amines) is 1. The number of nitrogens with zero attached hydrogens (tertiary/aromatic N) is 2. The predicted molar refractivity (Wildman–Crippen MR) is 134 cm³/mol. The van der Waals surface area contributed by atoms with E-state index in [-0.39, 0.29) is 30.1 Å². The van der Waals surface area contributed by atoms with Gasteiger partial charge in [0.1, 0.15) is 5.82 Å². The Morgan fingerprint density at radius 1 is 1.31 bits per heavy atom. The Hall–Kier alpha value is -2.14. The lowest BCUT2D eigenvalue weighted by Crippen LogP contribution is -2.51. The highest BCUT2D eigenvalue weighted by Gasteiger charge is 2.33. The molecule has 3 rings (SSSR count). The first-order valence-corrected chi connectivity index (χ1v) is 13.1. The summed E-state index contributed by atoms with van der Waals surface area (Å²) in [6.07, 6.45) is 5.05. The highest BCUT2D eigenvalue weighted by Crippen LogP contribution is 2.34. The minimum atomic E-state index is -1.15. The number of halogens is 2. The summed E-state index contributed by atoms with van der Waals surface area (Å²) in [7, 11) is 0. The van der Waals surface area contributed by atoms with Crippen LogP contribution < -0.4 is 11.2 Å². The van der Waals surface area contributed by atoms with Crippen molar-refractivity contribution >= 4 is 23.7 Å². The lowest BCUT2D eigenvalue weighted by molar-refractivity contribution is -0.0107. The molecule has 2 fully saturated rings. The molecule has 3 atom stereocenters. The molecule has 3 amide bonds. The van der Waals surface area contributed by atoms with Gasteiger partial charge in [-0.2, -0.15) is 0 Å². The molecule has 0 radical (unpaired) electrons. The molecular formula is C25H38ClFN4O5. The van der Waals surface area contributed by atoms with Crippen LogP contribution in [-0.4, -0.2) is 73.1 Å². The first-order valence-electron chi connectivity index (χ1n) is 12.8. The average Bonchev–Trinajstić information content (AvgIpc) is 3.11. The average molecular weight is 529 g/mol. The van der Waals surface area contributed by atoms with Gasteiger partial charge in [-0.15, -0.1) is 0 Å². The largest absolute Gasteiger partial charge is 0.465 e. The second kappa shape index (κ2) is 14.6. The zero-order valence-corrected chi connectivity index (χ0v) is 21.4. The number of rotatable bonds is 10. The van der Waals surface area contributed by atoms with Gasteiger partial charge in [-0.05, 0) is 68.2 Å². The minimum absolute atomic E-state index is 0.0901. The van der Waals surface area contributed by atoms with Crippen molar-refractivity contribution in [2.45, 2.75) is 51.0 Å². The molecule has 9 nitrogen and oxygen atoms in total. The summed E-state index contributed by atoms with van der Waals surface area (Å²) < 4.78 is 25.8. The number of piperidine rings is 1. The number of carboxylic acid groups (broad SMARTS) is 1. The van der Waals surface area contributed by atoms with Gasteiger partial charge in [0.05, 0.1) is 12.7 Å². The number of urea groups is 1. The summed E-state index contributed by atoms with van der Waals surface area (Å²) in [6, 6.07) is 4.00. The monoisotopic (exact) mass is 528 g/mol. The number of carbonyl (C=O) groups is 2. The van der Waals surface area contributed by atoms with E-state index in [9.17, 15) is 14.0 Å². The van der Waals surface area contributed by atoms with Gasteiger partial charge in [0.15, 0.2) is 0 Å². The van der Waals surface area contributed by atoms with Gasteiger partial charge in [0.25, 0.3) is 0 Å². The fourth-order valence-corrected chi connectivity index (χ4v) is 5.27. The number of carbonyl (C=O) groups excluding carboxylic acids is 1. The topological polar surface area (TPSA) is 117 Å². The molecule has 1 aromatic carbocycles. The fourth-order valence-electron chi connectivity index (χ4n) is 5.04. The molecule has 0 aromatic heterocycles. The Bertz CT molecular complexity index is 835. The number of benzene rings is 1. The molecule has 2 saturated heterocycles. The normalized spacial score (nSPS) is 21.5. The van der Waals surface area contributed by atoms with Crippen LogP contribution in [0.3, 0.4) is 0 Å². The maximum atomic E-state index is 14.1. The van der Waals surface area contributed by atoms with Crippen LogP contribution in [0.2, 0.25) is 5.02 Å². The zero-order valence-electron chi connectivity index (χ0n) is 20.7. The standard InChI is InChI=1S/C25H38ClFN4O5/c26-21-13-20(14-22(27)15-21)23(36-12-8-29-24(32)33)19-7-4-9-30(16-19)25(34)31(28)10-3-6-18-5-1-2-11-35-17-18/h13-15,18-19,23,29H,1-12,16-17,28H2,(H,32,33)/t18?,19?,23-/m1/s1. The second-order valence-corrected chi connectivity index (χ2v) is 10.1. The third-order valence-electron chi connectivity index (χ3n) is 6.81. The maximum absolute atomic E-state index is 14.1. The van der Waals surface area contributed by atoms with Gasteiger partial charge in [-0.3, -0.25) is 5.01 Å². The summed E-state index contributed by atoms with van der Waals surface area (Å²) in [4.78, 5) is 25.6. The van der Waals surface area contributed by atoms with Crippen molar-refractivity contribution in [2.75, 3.05) is 46.0 Å². The molecule has 4 N–H and O–H groups in total. The third kappa shape index (κ3) is 9.06. The predicted octanol–water partition coefficient (Wildman–Crippen LogP) is 4.41. The van der Waals surface area contributed by atoms with Gasteiger partial charge in [-0.25, -0.2) is 19.8 Å². The summed E-state index contributed by atoms with van der Waals surface area (Å²) in [5, 5.41) is 12.6. The Morgan fingerprint density at radius 2 is 2.14 bits per heavy atom. The quantitative estimate of drug-likeness (QED) is 0.179. The van der Waals surface area contributed by atoms with Crippen LogP contribution in [0.25, 0.3) is 0 Å². The molecule has 2 aliphatic rings. The Kier molecular flexibility index (Phi) is 11.5. The lowest BCUT2D eigenvalue weighted by Gasteiger charge is -2.38. The maximum Gasteiger partial charge on any atom is 0.404 e. The summed E-state index contributed by atoms with van der Waals surface area (Å²) >= 11 is 6.09. The van der Waals surface area contributed by atoms with E-state index >= 15 is 0 Å². The smallest absolute Gasteiger partial charge is 0.404 e. The molecule has 0 bridgehead atoms. The molecular weight excluding hydrogens is 491 g/mol. The van der Waals surface area contributed by atoms with E-state index < -0.39 is 18.0 Å². The van der Waals surface area contributed by atoms with E-state index in [0.717, 1.165) is 51.7 Å². The van der Waals surface area contributed by atoms with E-state index in [0.29, 0.717) is 31.1 Å². The number of nitrogens with two attached hydrogens (primary N) is 1. The summed E-state index contributed by atoms with van der Waals surface area (Å²) in [5.41, 5.74) is 0.560.